The molecule has 2 aromatic carbocycles. The molecule has 4 rings (SSSR count). The van der Waals surface area contributed by atoms with Gasteiger partial charge in [0.2, 0.25) is 5.82 Å². The number of amides is 1. The van der Waals surface area contributed by atoms with Crippen molar-refractivity contribution in [3.8, 4) is 0 Å². The largest absolute Gasteiger partial charge is 0.447 e. The molecule has 3 aromatic rings. The Morgan fingerprint density at radius 1 is 1.18 bits per heavy atom. The number of quaternary nitrogens is 1. The maximum atomic E-state index is 12.2. The number of benzene rings is 2. The van der Waals surface area contributed by atoms with Crippen LogP contribution in [-0.4, -0.2) is 59.2 Å². The maximum absolute atomic E-state index is 12.2. The Bertz CT molecular complexity index is 933. The first-order chi connectivity index (χ1) is 13.8. The van der Waals surface area contributed by atoms with E-state index in [4.69, 9.17) is 9.47 Å². The van der Waals surface area contributed by atoms with Crippen molar-refractivity contribution in [3.05, 3.63) is 48.3 Å². The van der Waals surface area contributed by atoms with Gasteiger partial charge in [-0.15, -0.1) is 5.10 Å². The number of fused-ring (bicyclic) bond motifs is 1. The first-order valence-electron chi connectivity index (χ1n) is 9.37. The standard InChI is InChI=1S/C19H22N6O3/c26-19(20-17-7-3-5-15-4-1-2-6-16(15)17)28-13-10-25-18(21-22-23-25)14-24-8-11-27-12-9-24/h1-7H,8-14H2,(H,20,26)/p+1. The zero-order valence-corrected chi connectivity index (χ0v) is 15.5. The molecule has 0 aliphatic carbocycles. The molecule has 1 saturated heterocycles. The zero-order chi connectivity index (χ0) is 19.2. The fourth-order valence-corrected chi connectivity index (χ4v) is 3.29. The third-order valence-electron chi connectivity index (χ3n) is 4.78. The fraction of sp³-hybridized carbons (Fsp3) is 0.368. The summed E-state index contributed by atoms with van der Waals surface area (Å²) in [6.07, 6.45) is -0.496. The summed E-state index contributed by atoms with van der Waals surface area (Å²) in [6, 6.07) is 13.6. The van der Waals surface area contributed by atoms with Gasteiger partial charge < -0.3 is 14.4 Å². The molecule has 0 bridgehead atoms. The van der Waals surface area contributed by atoms with Crippen LogP contribution >= 0.6 is 0 Å². The fourth-order valence-electron chi connectivity index (χ4n) is 3.29. The third-order valence-corrected chi connectivity index (χ3v) is 4.78. The summed E-state index contributed by atoms with van der Waals surface area (Å²) in [7, 11) is 0. The van der Waals surface area contributed by atoms with Gasteiger partial charge in [-0.3, -0.25) is 5.32 Å². The molecule has 9 nitrogen and oxygen atoms in total. The lowest BCUT2D eigenvalue weighted by Gasteiger charge is -2.22. The number of nitrogens with one attached hydrogen (secondary N) is 2. The molecule has 1 amide bonds. The first-order valence-corrected chi connectivity index (χ1v) is 9.37. The minimum Gasteiger partial charge on any atom is -0.447 e. The Balaban J connectivity index is 1.29. The molecule has 2 heterocycles. The number of carbonyl (C=O) groups is 1. The van der Waals surface area contributed by atoms with Crippen LogP contribution in [0.3, 0.4) is 0 Å². The SMILES string of the molecule is O=C(Nc1cccc2ccccc12)OCCn1nnnc1C[NH+]1CCOCC1. The topological polar surface area (TPSA) is 95.6 Å². The molecule has 9 heteroatoms. The third kappa shape index (κ3) is 4.44. The van der Waals surface area contributed by atoms with Crippen molar-refractivity contribution in [2.45, 2.75) is 13.1 Å². The highest BCUT2D eigenvalue weighted by Crippen LogP contribution is 2.22. The second-order valence-corrected chi connectivity index (χ2v) is 6.65. The zero-order valence-electron chi connectivity index (χ0n) is 15.5. The number of anilines is 1. The van der Waals surface area contributed by atoms with Gasteiger partial charge >= 0.3 is 6.09 Å². The number of tetrazole rings is 1. The van der Waals surface area contributed by atoms with E-state index >= 15 is 0 Å². The summed E-state index contributed by atoms with van der Waals surface area (Å²) < 4.78 is 12.4. The number of morpholine rings is 1. The smallest absolute Gasteiger partial charge is 0.411 e. The van der Waals surface area contributed by atoms with Crippen LogP contribution < -0.4 is 10.2 Å². The van der Waals surface area contributed by atoms with Crippen molar-refractivity contribution in [1.29, 1.82) is 0 Å². The summed E-state index contributed by atoms with van der Waals surface area (Å²) in [5.74, 6) is 0.787. The number of hydrogen-bond donors (Lipinski definition) is 2. The summed E-state index contributed by atoms with van der Waals surface area (Å²) in [5, 5.41) is 16.7. The van der Waals surface area contributed by atoms with Crippen molar-refractivity contribution in [2.24, 2.45) is 0 Å². The first kappa shape index (κ1) is 18.3. The second kappa shape index (κ2) is 8.77. The van der Waals surface area contributed by atoms with Gasteiger partial charge in [0.15, 0.2) is 0 Å². The van der Waals surface area contributed by atoms with E-state index in [9.17, 15) is 4.79 Å². The molecule has 0 radical (unpaired) electrons. The molecule has 28 heavy (non-hydrogen) atoms. The molecule has 1 aromatic heterocycles. The van der Waals surface area contributed by atoms with E-state index in [1.54, 1.807) is 4.68 Å². The summed E-state index contributed by atoms with van der Waals surface area (Å²) in [4.78, 5) is 13.6. The Morgan fingerprint density at radius 3 is 2.89 bits per heavy atom. The van der Waals surface area contributed by atoms with Crippen molar-refractivity contribution in [1.82, 2.24) is 20.2 Å². The van der Waals surface area contributed by atoms with E-state index in [0.717, 1.165) is 55.1 Å². The van der Waals surface area contributed by atoms with Gasteiger partial charge in [0.25, 0.3) is 0 Å². The number of carbonyl (C=O) groups excluding carboxylic acids is 1. The highest BCUT2D eigenvalue weighted by Gasteiger charge is 2.18. The van der Waals surface area contributed by atoms with Crippen LogP contribution in [0.25, 0.3) is 10.8 Å². The van der Waals surface area contributed by atoms with Crippen LogP contribution in [0.4, 0.5) is 10.5 Å². The average molecular weight is 383 g/mol. The number of nitrogens with zero attached hydrogens (tertiary/aromatic N) is 4. The number of rotatable bonds is 6. The van der Waals surface area contributed by atoms with E-state index in [1.165, 1.54) is 4.90 Å². The van der Waals surface area contributed by atoms with Crippen LogP contribution in [0.1, 0.15) is 5.82 Å². The van der Waals surface area contributed by atoms with Crippen LogP contribution in [0.5, 0.6) is 0 Å². The van der Waals surface area contributed by atoms with E-state index in [1.807, 2.05) is 42.5 Å². The lowest BCUT2D eigenvalue weighted by Crippen LogP contribution is -3.12. The Hall–Kier alpha value is -3.04. The van der Waals surface area contributed by atoms with E-state index in [2.05, 4.69) is 20.8 Å². The summed E-state index contributed by atoms with van der Waals surface area (Å²) in [6.45, 7) is 4.73. The van der Waals surface area contributed by atoms with E-state index in [0.29, 0.717) is 6.54 Å². The van der Waals surface area contributed by atoms with Gasteiger partial charge in [0, 0.05) is 5.39 Å². The molecule has 0 atom stereocenters. The predicted molar refractivity (Wildman–Crippen MR) is 102 cm³/mol. The van der Waals surface area contributed by atoms with Gasteiger partial charge in [-0.05, 0) is 21.9 Å². The molecule has 146 valence electrons. The lowest BCUT2D eigenvalue weighted by atomic mass is 10.1. The second-order valence-electron chi connectivity index (χ2n) is 6.65. The molecule has 2 N–H and O–H groups in total. The highest BCUT2D eigenvalue weighted by molar-refractivity contribution is 6.00. The van der Waals surface area contributed by atoms with Crippen molar-refractivity contribution < 1.29 is 19.2 Å². The lowest BCUT2D eigenvalue weighted by molar-refractivity contribution is -0.922. The van der Waals surface area contributed by atoms with Crippen molar-refractivity contribution in [3.63, 3.8) is 0 Å². The number of ether oxygens (including phenoxy) is 2. The van der Waals surface area contributed by atoms with Crippen LogP contribution in [-0.2, 0) is 22.6 Å². The Kier molecular flexibility index (Phi) is 5.74. The molecular formula is C19H23N6O3+. The molecule has 1 fully saturated rings. The van der Waals surface area contributed by atoms with E-state index < -0.39 is 6.09 Å². The maximum Gasteiger partial charge on any atom is 0.411 e. The monoisotopic (exact) mass is 383 g/mol. The van der Waals surface area contributed by atoms with E-state index in [-0.39, 0.29) is 6.61 Å². The molecular weight excluding hydrogens is 360 g/mol. The molecule has 0 saturated carbocycles. The minimum atomic E-state index is -0.496. The normalized spacial score (nSPS) is 14.9. The Morgan fingerprint density at radius 2 is 2.00 bits per heavy atom. The molecule has 0 spiro atoms. The van der Waals surface area contributed by atoms with Gasteiger partial charge in [0.05, 0.1) is 25.4 Å². The molecule has 1 aliphatic heterocycles. The average Bonchev–Trinajstić information content (AvgIpc) is 3.16. The summed E-state index contributed by atoms with van der Waals surface area (Å²) >= 11 is 0. The van der Waals surface area contributed by atoms with Gasteiger partial charge in [-0.1, -0.05) is 36.4 Å². The van der Waals surface area contributed by atoms with Crippen LogP contribution in [0.2, 0.25) is 0 Å². The molecule has 0 unspecified atom stereocenters. The Labute approximate surface area is 162 Å². The van der Waals surface area contributed by atoms with Crippen LogP contribution in [0, 0.1) is 0 Å². The number of aromatic nitrogens is 4. The minimum absolute atomic E-state index is 0.188. The van der Waals surface area contributed by atoms with Gasteiger partial charge in [0.1, 0.15) is 26.2 Å². The van der Waals surface area contributed by atoms with Gasteiger partial charge in [-0.2, -0.15) is 0 Å². The van der Waals surface area contributed by atoms with Gasteiger partial charge in [-0.25, -0.2) is 9.48 Å². The van der Waals surface area contributed by atoms with Crippen molar-refractivity contribution in [2.75, 3.05) is 38.2 Å². The van der Waals surface area contributed by atoms with Crippen LogP contribution in [0.15, 0.2) is 42.5 Å². The summed E-state index contributed by atoms with van der Waals surface area (Å²) in [5.41, 5.74) is 0.724. The molecule has 1 aliphatic rings. The number of hydrogen-bond acceptors (Lipinski definition) is 6. The quantitative estimate of drug-likeness (QED) is 0.643. The van der Waals surface area contributed by atoms with Crippen molar-refractivity contribution >= 4 is 22.6 Å². The highest BCUT2D eigenvalue weighted by atomic mass is 16.5. The predicted octanol–water partition coefficient (Wildman–Crippen LogP) is 0.490.